The van der Waals surface area contributed by atoms with Crippen molar-refractivity contribution in [3.05, 3.63) is 48.0 Å². The summed E-state index contributed by atoms with van der Waals surface area (Å²) < 4.78 is 26.8. The molecular weight excluding hydrogens is 424 g/mol. The van der Waals surface area contributed by atoms with Crippen molar-refractivity contribution < 1.29 is 33.3 Å². The highest BCUT2D eigenvalue weighted by Crippen LogP contribution is 2.27. The van der Waals surface area contributed by atoms with Crippen LogP contribution in [0.5, 0.6) is 0 Å². The van der Waals surface area contributed by atoms with Gasteiger partial charge >= 0.3 is 11.9 Å². The highest BCUT2D eigenvalue weighted by molar-refractivity contribution is 5.91. The van der Waals surface area contributed by atoms with Crippen LogP contribution in [0.4, 0.5) is 0 Å². The van der Waals surface area contributed by atoms with Crippen molar-refractivity contribution in [2.45, 2.75) is 58.3 Å². The number of rotatable bonds is 14. The number of hydrogen-bond donors (Lipinski definition) is 0. The molecule has 0 saturated heterocycles. The number of ether oxygens (including phenoxy) is 5. The Morgan fingerprint density at radius 2 is 1.88 bits per heavy atom. The lowest BCUT2D eigenvalue weighted by molar-refractivity contribution is -0.184. The van der Waals surface area contributed by atoms with Gasteiger partial charge in [-0.2, -0.15) is 0 Å². The number of carbonyl (C=O) groups excluding carboxylic acids is 2. The van der Waals surface area contributed by atoms with Crippen LogP contribution in [0, 0.1) is 17.8 Å². The van der Waals surface area contributed by atoms with Gasteiger partial charge < -0.3 is 23.7 Å². The van der Waals surface area contributed by atoms with Crippen LogP contribution in [0.25, 0.3) is 0 Å². The highest BCUT2D eigenvalue weighted by atomic mass is 16.7. The molecule has 0 radical (unpaired) electrons. The fourth-order valence-electron chi connectivity index (χ4n) is 3.27. The lowest BCUT2D eigenvalue weighted by atomic mass is 9.88. The van der Waals surface area contributed by atoms with Crippen molar-refractivity contribution in [1.29, 1.82) is 0 Å². The summed E-state index contributed by atoms with van der Waals surface area (Å²) in [5.74, 6) is 4.70. The van der Waals surface area contributed by atoms with Gasteiger partial charge in [0.1, 0.15) is 19.3 Å². The smallest absolute Gasteiger partial charge is 0.318 e. The lowest BCUT2D eigenvalue weighted by Crippen LogP contribution is -2.47. The van der Waals surface area contributed by atoms with Crippen LogP contribution in [0.1, 0.15) is 45.6 Å². The third kappa shape index (κ3) is 11.2. The van der Waals surface area contributed by atoms with Gasteiger partial charge in [0, 0.05) is 26.1 Å². The molecule has 7 heteroatoms. The first-order chi connectivity index (χ1) is 15.9. The van der Waals surface area contributed by atoms with Gasteiger partial charge in [-0.15, -0.1) is 5.92 Å². The Kier molecular flexibility index (Phi) is 13.8. The highest BCUT2D eigenvalue weighted by Gasteiger charge is 2.40. The van der Waals surface area contributed by atoms with E-state index in [1.54, 1.807) is 19.1 Å². The third-order valence-electron chi connectivity index (χ3n) is 4.76. The maximum Gasteiger partial charge on any atom is 0.318 e. The Labute approximate surface area is 197 Å². The van der Waals surface area contributed by atoms with Crippen molar-refractivity contribution in [2.24, 2.45) is 5.92 Å². The molecule has 0 aliphatic rings. The Morgan fingerprint density at radius 1 is 1.15 bits per heavy atom. The van der Waals surface area contributed by atoms with Gasteiger partial charge in [0.25, 0.3) is 0 Å². The predicted molar refractivity (Wildman–Crippen MR) is 125 cm³/mol. The van der Waals surface area contributed by atoms with E-state index >= 15 is 0 Å². The van der Waals surface area contributed by atoms with Gasteiger partial charge in [-0.25, -0.2) is 0 Å². The quantitative estimate of drug-likeness (QED) is 0.103. The van der Waals surface area contributed by atoms with Crippen molar-refractivity contribution in [3.8, 4) is 11.8 Å². The molecule has 1 rings (SSSR count). The van der Waals surface area contributed by atoms with E-state index in [0.717, 1.165) is 12.0 Å². The van der Waals surface area contributed by atoms with E-state index in [1.807, 2.05) is 44.2 Å². The third-order valence-corrected chi connectivity index (χ3v) is 4.76. The summed E-state index contributed by atoms with van der Waals surface area (Å²) in [6, 6.07) is 10.0. The van der Waals surface area contributed by atoms with Crippen LogP contribution < -0.4 is 0 Å². The van der Waals surface area contributed by atoms with Crippen molar-refractivity contribution in [3.63, 3.8) is 0 Å². The molecule has 0 N–H and O–H groups in total. The lowest BCUT2D eigenvalue weighted by Gasteiger charge is -2.36. The van der Waals surface area contributed by atoms with Crippen LogP contribution in [0.3, 0.4) is 0 Å². The Hall–Kier alpha value is -2.66. The second kappa shape index (κ2) is 16.0. The molecule has 3 atom stereocenters. The fraction of sp³-hybridized carbons (Fsp3) is 0.538. The van der Waals surface area contributed by atoms with Gasteiger partial charge in [0.2, 0.25) is 0 Å². The van der Waals surface area contributed by atoms with E-state index in [1.165, 1.54) is 14.2 Å². The fourth-order valence-corrected chi connectivity index (χ4v) is 3.27. The molecule has 33 heavy (non-hydrogen) atoms. The van der Waals surface area contributed by atoms with Gasteiger partial charge in [-0.3, -0.25) is 9.59 Å². The first-order valence-electron chi connectivity index (χ1n) is 11.0. The van der Waals surface area contributed by atoms with Crippen LogP contribution in [0.2, 0.25) is 0 Å². The minimum atomic E-state index is -1.15. The topological polar surface area (TPSA) is 80.3 Å². The molecule has 0 saturated carbocycles. The largest absolute Gasteiger partial charge is 0.469 e. The molecule has 0 spiro atoms. The van der Waals surface area contributed by atoms with Crippen LogP contribution >= 0.6 is 0 Å². The zero-order chi connectivity index (χ0) is 24.5. The summed E-state index contributed by atoms with van der Waals surface area (Å²) >= 11 is 0. The minimum absolute atomic E-state index is 0.00566. The molecule has 1 aromatic carbocycles. The van der Waals surface area contributed by atoms with Gasteiger partial charge in [-0.05, 0) is 38.8 Å². The number of unbranched alkanes of at least 4 members (excludes halogenated alkanes) is 1. The van der Waals surface area contributed by atoms with Crippen LogP contribution in [-0.4, -0.2) is 51.3 Å². The Bertz CT molecular complexity index is 794. The maximum absolute atomic E-state index is 12.3. The summed E-state index contributed by atoms with van der Waals surface area (Å²) in [6.07, 6.45) is 3.85. The summed E-state index contributed by atoms with van der Waals surface area (Å²) in [5, 5.41) is 0. The Balaban J connectivity index is 2.71. The molecule has 0 bridgehead atoms. The number of benzene rings is 1. The summed E-state index contributed by atoms with van der Waals surface area (Å²) in [7, 11) is 2.73. The minimum Gasteiger partial charge on any atom is -0.469 e. The maximum atomic E-state index is 12.3. The van der Waals surface area contributed by atoms with E-state index < -0.39 is 30.1 Å². The zero-order valence-electron chi connectivity index (χ0n) is 20.3. The molecule has 0 heterocycles. The molecule has 0 aliphatic carbocycles. The van der Waals surface area contributed by atoms with E-state index in [0.29, 0.717) is 19.6 Å². The molecule has 0 fully saturated rings. The number of allylic oxidation sites excluding steroid dienone is 1. The van der Waals surface area contributed by atoms with Gasteiger partial charge in [0.05, 0.1) is 13.7 Å². The van der Waals surface area contributed by atoms with E-state index in [2.05, 4.69) is 16.6 Å². The summed E-state index contributed by atoms with van der Waals surface area (Å²) in [6.45, 7) is 6.63. The molecule has 0 aromatic heterocycles. The molecular formula is C26H36O7. The van der Waals surface area contributed by atoms with E-state index in [9.17, 15) is 9.59 Å². The molecule has 1 aromatic rings. The van der Waals surface area contributed by atoms with E-state index in [-0.39, 0.29) is 12.7 Å². The number of carbonyl (C=O) groups is 2. The second-order valence-electron chi connectivity index (χ2n) is 7.66. The van der Waals surface area contributed by atoms with Crippen molar-refractivity contribution in [1.82, 2.24) is 0 Å². The molecule has 182 valence electrons. The normalized spacial score (nSPS) is 14.6. The monoisotopic (exact) mass is 460 g/mol. The van der Waals surface area contributed by atoms with Crippen molar-refractivity contribution in [2.75, 3.05) is 27.6 Å². The SMILES string of the molecule is C/C=C\[C@@](C)(OC(=O)CC(=O)OC)[C@H](OCOC)[C@H](C)C#CCCCOCc1ccccc1. The zero-order valence-corrected chi connectivity index (χ0v) is 20.3. The van der Waals surface area contributed by atoms with Crippen molar-refractivity contribution >= 4 is 11.9 Å². The van der Waals surface area contributed by atoms with Crippen LogP contribution in [-0.2, 0) is 39.9 Å². The Morgan fingerprint density at radius 3 is 2.52 bits per heavy atom. The van der Waals surface area contributed by atoms with Crippen LogP contribution in [0.15, 0.2) is 42.5 Å². The average molecular weight is 461 g/mol. The second-order valence-corrected chi connectivity index (χ2v) is 7.66. The average Bonchev–Trinajstić information content (AvgIpc) is 2.79. The molecule has 7 nitrogen and oxygen atoms in total. The molecule has 0 aliphatic heterocycles. The van der Waals surface area contributed by atoms with Gasteiger partial charge in [-0.1, -0.05) is 42.3 Å². The standard InChI is InChI=1S/C26H36O7/c1-6-16-26(3,33-24(28)18-23(27)30-5)25(32-20-29-4)21(2)13-9-8-12-17-31-19-22-14-10-7-11-15-22/h6-7,10-11,14-16,21,25H,8,12,17-20H2,1-5H3/b16-6-/t21-,25-,26-/m1/s1. The summed E-state index contributed by atoms with van der Waals surface area (Å²) in [5.41, 5.74) is -0.00833. The number of methoxy groups -OCH3 is 2. The van der Waals surface area contributed by atoms with Gasteiger partial charge in [0.15, 0.2) is 5.60 Å². The number of hydrogen-bond acceptors (Lipinski definition) is 7. The summed E-state index contributed by atoms with van der Waals surface area (Å²) in [4.78, 5) is 23.7. The first kappa shape index (κ1) is 28.4. The molecule has 0 amide bonds. The predicted octanol–water partition coefficient (Wildman–Crippen LogP) is 4.05. The first-order valence-corrected chi connectivity index (χ1v) is 11.0. The van der Waals surface area contributed by atoms with E-state index in [4.69, 9.17) is 18.9 Å². The number of esters is 2. The molecule has 0 unspecified atom stereocenters.